The minimum Gasteiger partial charge on any atom is -0.308 e. The summed E-state index contributed by atoms with van der Waals surface area (Å²) in [6.07, 6.45) is 0.515. The van der Waals surface area contributed by atoms with Crippen LogP contribution in [0.4, 0.5) is 16.2 Å². The summed E-state index contributed by atoms with van der Waals surface area (Å²) in [7, 11) is -3.42. The lowest BCUT2D eigenvalue weighted by molar-refractivity contribution is 0.262. The second kappa shape index (κ2) is 9.11. The molecular formula is C22H21ClN2O3S. The van der Waals surface area contributed by atoms with Crippen LogP contribution in [0.1, 0.15) is 13.3 Å². The molecule has 7 heteroatoms. The van der Waals surface area contributed by atoms with E-state index >= 15 is 0 Å². The van der Waals surface area contributed by atoms with E-state index in [-0.39, 0.29) is 10.6 Å². The predicted molar refractivity (Wildman–Crippen MR) is 118 cm³/mol. The molecule has 0 fully saturated rings. The summed E-state index contributed by atoms with van der Waals surface area (Å²) in [6, 6.07) is 20.5. The Morgan fingerprint density at radius 3 is 2.38 bits per heavy atom. The molecule has 2 N–H and O–H groups in total. The van der Waals surface area contributed by atoms with Crippen LogP contribution >= 0.6 is 11.6 Å². The summed E-state index contributed by atoms with van der Waals surface area (Å²) < 4.78 is 25.0. The van der Waals surface area contributed by atoms with Crippen LogP contribution in [0.2, 0.25) is 5.02 Å². The summed E-state index contributed by atoms with van der Waals surface area (Å²) in [5.74, 6) is 0.0475. The van der Waals surface area contributed by atoms with Crippen LogP contribution in [0.25, 0.3) is 11.1 Å². The van der Waals surface area contributed by atoms with Gasteiger partial charge in [0.25, 0.3) is 0 Å². The average molecular weight is 429 g/mol. The molecule has 0 unspecified atom stereocenters. The molecule has 0 heterocycles. The Balaban J connectivity index is 1.96. The quantitative estimate of drug-likeness (QED) is 0.518. The molecule has 0 saturated carbocycles. The summed E-state index contributed by atoms with van der Waals surface area (Å²) in [5, 5.41) is 5.98. The second-order valence-electron chi connectivity index (χ2n) is 6.48. The fourth-order valence-corrected chi connectivity index (χ4v) is 4.46. The largest absolute Gasteiger partial charge is 0.323 e. The lowest BCUT2D eigenvalue weighted by Gasteiger charge is -2.14. The molecular weight excluding hydrogens is 408 g/mol. The van der Waals surface area contributed by atoms with Crippen molar-refractivity contribution in [2.45, 2.75) is 18.2 Å². The fraction of sp³-hybridized carbons (Fsp3) is 0.136. The zero-order valence-electron chi connectivity index (χ0n) is 15.9. The Labute approximate surface area is 175 Å². The van der Waals surface area contributed by atoms with E-state index in [1.54, 1.807) is 36.4 Å². The number of nitrogens with one attached hydrogen (secondary N) is 2. The Kier molecular flexibility index (Phi) is 6.56. The molecule has 0 aliphatic heterocycles. The van der Waals surface area contributed by atoms with E-state index in [4.69, 9.17) is 11.6 Å². The third-order valence-electron chi connectivity index (χ3n) is 4.24. The minimum absolute atomic E-state index is 0.0475. The molecule has 5 nitrogen and oxygen atoms in total. The van der Waals surface area contributed by atoms with Crippen LogP contribution in [-0.4, -0.2) is 20.2 Å². The molecule has 2 amide bonds. The van der Waals surface area contributed by atoms with Crippen molar-refractivity contribution in [2.24, 2.45) is 0 Å². The molecule has 0 aliphatic carbocycles. The van der Waals surface area contributed by atoms with Crippen molar-refractivity contribution in [1.29, 1.82) is 0 Å². The SMILES string of the molecule is CCCS(=O)(=O)c1ccc(-c2ccccc2)c(NC(=O)Nc2cccc(Cl)c2)c1. The highest BCUT2D eigenvalue weighted by molar-refractivity contribution is 7.91. The molecule has 29 heavy (non-hydrogen) atoms. The highest BCUT2D eigenvalue weighted by atomic mass is 35.5. The van der Waals surface area contributed by atoms with Gasteiger partial charge in [-0.1, -0.05) is 61.0 Å². The first-order valence-corrected chi connectivity index (χ1v) is 11.2. The van der Waals surface area contributed by atoms with Crippen molar-refractivity contribution >= 4 is 38.8 Å². The van der Waals surface area contributed by atoms with Gasteiger partial charge in [-0.15, -0.1) is 0 Å². The first-order valence-electron chi connectivity index (χ1n) is 9.15. The van der Waals surface area contributed by atoms with Gasteiger partial charge in [0.05, 0.1) is 16.3 Å². The number of amides is 2. The van der Waals surface area contributed by atoms with Crippen LogP contribution in [0.15, 0.2) is 77.7 Å². The van der Waals surface area contributed by atoms with E-state index in [9.17, 15) is 13.2 Å². The van der Waals surface area contributed by atoms with Crippen LogP contribution in [0.3, 0.4) is 0 Å². The van der Waals surface area contributed by atoms with Gasteiger partial charge in [0.15, 0.2) is 9.84 Å². The normalized spacial score (nSPS) is 11.1. The van der Waals surface area contributed by atoms with Crippen LogP contribution in [0.5, 0.6) is 0 Å². The number of hydrogen-bond donors (Lipinski definition) is 2. The number of anilines is 2. The van der Waals surface area contributed by atoms with Gasteiger partial charge in [-0.25, -0.2) is 13.2 Å². The van der Waals surface area contributed by atoms with Gasteiger partial charge in [-0.3, -0.25) is 0 Å². The number of benzene rings is 3. The average Bonchev–Trinajstić information content (AvgIpc) is 2.68. The molecule has 0 bridgehead atoms. The van der Waals surface area contributed by atoms with Crippen molar-refractivity contribution in [2.75, 3.05) is 16.4 Å². The van der Waals surface area contributed by atoms with Gasteiger partial charge in [-0.05, 0) is 42.3 Å². The zero-order chi connectivity index (χ0) is 20.9. The van der Waals surface area contributed by atoms with E-state index < -0.39 is 15.9 Å². The van der Waals surface area contributed by atoms with E-state index in [1.165, 1.54) is 6.07 Å². The van der Waals surface area contributed by atoms with Gasteiger partial charge in [-0.2, -0.15) is 0 Å². The van der Waals surface area contributed by atoms with Gasteiger partial charge < -0.3 is 10.6 Å². The molecule has 3 rings (SSSR count). The molecule has 0 aliphatic rings. The third kappa shape index (κ3) is 5.37. The van der Waals surface area contributed by atoms with Gasteiger partial charge in [0, 0.05) is 16.3 Å². The summed E-state index contributed by atoms with van der Waals surface area (Å²) >= 11 is 5.96. The van der Waals surface area contributed by atoms with Crippen molar-refractivity contribution < 1.29 is 13.2 Å². The maximum Gasteiger partial charge on any atom is 0.323 e. The minimum atomic E-state index is -3.42. The Morgan fingerprint density at radius 1 is 0.931 bits per heavy atom. The van der Waals surface area contributed by atoms with Crippen molar-refractivity contribution in [3.05, 3.63) is 77.8 Å². The van der Waals surface area contributed by atoms with Crippen LogP contribution in [0, 0.1) is 0 Å². The number of hydrogen-bond acceptors (Lipinski definition) is 3. The van der Waals surface area contributed by atoms with Crippen LogP contribution < -0.4 is 10.6 Å². The summed E-state index contributed by atoms with van der Waals surface area (Å²) in [5.41, 5.74) is 2.53. The molecule has 150 valence electrons. The number of halogens is 1. The fourth-order valence-electron chi connectivity index (χ4n) is 2.93. The van der Waals surface area contributed by atoms with Gasteiger partial charge >= 0.3 is 6.03 Å². The Morgan fingerprint density at radius 2 is 1.69 bits per heavy atom. The van der Waals surface area contributed by atoms with E-state index in [0.29, 0.717) is 22.8 Å². The molecule has 0 atom stereocenters. The topological polar surface area (TPSA) is 75.3 Å². The Bertz CT molecular complexity index is 1120. The smallest absolute Gasteiger partial charge is 0.308 e. The monoisotopic (exact) mass is 428 g/mol. The van der Waals surface area contributed by atoms with E-state index in [2.05, 4.69) is 10.6 Å². The first kappa shape index (κ1) is 20.9. The maximum atomic E-state index is 12.5. The van der Waals surface area contributed by atoms with Crippen LogP contribution in [-0.2, 0) is 9.84 Å². The molecule has 3 aromatic rings. The standard InChI is InChI=1S/C22H21ClN2O3S/c1-2-13-29(27,28)19-11-12-20(16-7-4-3-5-8-16)21(15-19)25-22(26)24-18-10-6-9-17(23)14-18/h3-12,14-15H,2,13H2,1H3,(H2,24,25,26). The summed E-state index contributed by atoms with van der Waals surface area (Å²) in [6.45, 7) is 1.81. The highest BCUT2D eigenvalue weighted by Crippen LogP contribution is 2.31. The number of rotatable bonds is 6. The lowest BCUT2D eigenvalue weighted by atomic mass is 10.0. The first-order chi connectivity index (χ1) is 13.9. The number of sulfone groups is 1. The highest BCUT2D eigenvalue weighted by Gasteiger charge is 2.17. The number of urea groups is 1. The zero-order valence-corrected chi connectivity index (χ0v) is 17.4. The molecule has 0 aromatic heterocycles. The predicted octanol–water partition coefficient (Wildman–Crippen LogP) is 5.83. The van der Waals surface area contributed by atoms with Crippen molar-refractivity contribution in [1.82, 2.24) is 0 Å². The molecule has 0 radical (unpaired) electrons. The number of carbonyl (C=O) groups is 1. The summed E-state index contributed by atoms with van der Waals surface area (Å²) in [4.78, 5) is 12.7. The number of carbonyl (C=O) groups excluding carboxylic acids is 1. The Hall–Kier alpha value is -2.83. The van der Waals surface area contributed by atoms with E-state index in [0.717, 1.165) is 11.1 Å². The van der Waals surface area contributed by atoms with Crippen molar-refractivity contribution in [3.8, 4) is 11.1 Å². The maximum absolute atomic E-state index is 12.5. The van der Waals surface area contributed by atoms with E-state index in [1.807, 2.05) is 37.3 Å². The van der Waals surface area contributed by atoms with Crippen molar-refractivity contribution in [3.63, 3.8) is 0 Å². The molecule has 0 spiro atoms. The molecule has 3 aromatic carbocycles. The lowest BCUT2D eigenvalue weighted by Crippen LogP contribution is -2.20. The third-order valence-corrected chi connectivity index (χ3v) is 6.39. The van der Waals surface area contributed by atoms with Gasteiger partial charge in [0.1, 0.15) is 0 Å². The molecule has 0 saturated heterocycles. The van der Waals surface area contributed by atoms with Gasteiger partial charge in [0.2, 0.25) is 0 Å². The second-order valence-corrected chi connectivity index (χ2v) is 9.03.